The minimum absolute atomic E-state index is 0.0206. The molecule has 244 valence electrons. The maximum atomic E-state index is 13.8. The number of dihydropyridines is 1. The van der Waals surface area contributed by atoms with Gasteiger partial charge >= 0.3 is 0 Å². The van der Waals surface area contributed by atoms with Crippen LogP contribution >= 0.6 is 11.6 Å². The molecule has 1 aromatic carbocycles. The molecular formula is C35H32ClFN8O3. The van der Waals surface area contributed by atoms with Crippen LogP contribution in [0.25, 0.3) is 22.2 Å². The topological polar surface area (TPSA) is 152 Å². The van der Waals surface area contributed by atoms with E-state index in [1.165, 1.54) is 12.3 Å². The van der Waals surface area contributed by atoms with E-state index in [9.17, 15) is 14.0 Å². The molecule has 13 heteroatoms. The molecule has 0 bridgehead atoms. The summed E-state index contributed by atoms with van der Waals surface area (Å²) in [5.74, 6) is -0.125. The SMILES string of the molecule is CC(C1=NCC(F)C=C1)n1nc(Cl)c2c(-c3ccc4c(c3)OC(C)(C)C(=O)N4Cc3ccc(C#N)cn3)c(C(N)=O)c(CC3CC3)nc21. The number of primary amides is 1. The number of pyridine rings is 2. The number of carbonyl (C=O) groups excluding carboxylic acids is 2. The summed E-state index contributed by atoms with van der Waals surface area (Å²) in [7, 11) is 0. The zero-order valence-corrected chi connectivity index (χ0v) is 27.3. The summed E-state index contributed by atoms with van der Waals surface area (Å²) in [6.45, 7) is 5.43. The summed E-state index contributed by atoms with van der Waals surface area (Å²) in [4.78, 5) is 42.2. The predicted octanol–water partition coefficient (Wildman–Crippen LogP) is 5.68. The number of benzene rings is 1. The summed E-state index contributed by atoms with van der Waals surface area (Å²) >= 11 is 6.88. The van der Waals surface area contributed by atoms with Crippen LogP contribution in [0.3, 0.4) is 0 Å². The first-order valence-electron chi connectivity index (χ1n) is 15.7. The molecule has 2 unspecified atom stereocenters. The Hall–Kier alpha value is -5.15. The van der Waals surface area contributed by atoms with Gasteiger partial charge in [-0.1, -0.05) is 17.7 Å². The Labute approximate surface area is 280 Å². The van der Waals surface area contributed by atoms with E-state index < -0.39 is 23.7 Å². The average Bonchev–Trinajstić information content (AvgIpc) is 3.82. The Morgan fingerprint density at radius 3 is 2.71 bits per heavy atom. The van der Waals surface area contributed by atoms with Gasteiger partial charge in [-0.25, -0.2) is 14.1 Å². The Morgan fingerprint density at radius 1 is 1.27 bits per heavy atom. The van der Waals surface area contributed by atoms with Crippen LogP contribution < -0.4 is 15.4 Å². The van der Waals surface area contributed by atoms with Gasteiger partial charge in [0.05, 0.1) is 58.4 Å². The summed E-state index contributed by atoms with van der Waals surface area (Å²) < 4.78 is 21.8. The maximum Gasteiger partial charge on any atom is 0.271 e. The molecule has 1 saturated carbocycles. The van der Waals surface area contributed by atoms with Crippen molar-refractivity contribution in [2.45, 2.75) is 64.4 Å². The highest BCUT2D eigenvalue weighted by molar-refractivity contribution is 6.36. The molecule has 0 radical (unpaired) electrons. The highest BCUT2D eigenvalue weighted by Crippen LogP contribution is 2.45. The minimum Gasteiger partial charge on any atom is -0.476 e. The molecule has 11 nitrogen and oxygen atoms in total. The Kier molecular flexibility index (Phi) is 7.75. The molecule has 5 heterocycles. The molecule has 48 heavy (non-hydrogen) atoms. The van der Waals surface area contributed by atoms with Crippen molar-refractivity contribution in [1.82, 2.24) is 19.7 Å². The van der Waals surface area contributed by atoms with Crippen molar-refractivity contribution in [3.05, 3.63) is 76.3 Å². The number of alkyl halides is 1. The van der Waals surface area contributed by atoms with Gasteiger partial charge < -0.3 is 10.5 Å². The molecular weight excluding hydrogens is 635 g/mol. The lowest BCUT2D eigenvalue weighted by Gasteiger charge is -2.39. The number of aromatic nitrogens is 4. The van der Waals surface area contributed by atoms with E-state index in [0.29, 0.717) is 68.6 Å². The van der Waals surface area contributed by atoms with Crippen LogP contribution in [-0.2, 0) is 17.8 Å². The normalized spacial score (nSPS) is 19.0. The van der Waals surface area contributed by atoms with Gasteiger partial charge in [-0.2, -0.15) is 10.4 Å². The van der Waals surface area contributed by atoms with Crippen LogP contribution in [0, 0.1) is 17.2 Å². The molecule has 3 aromatic heterocycles. The summed E-state index contributed by atoms with van der Waals surface area (Å²) in [5.41, 5.74) is 9.32. The molecule has 2 N–H and O–H groups in total. The second-order valence-corrected chi connectivity index (χ2v) is 13.3. The van der Waals surface area contributed by atoms with Crippen LogP contribution in [-0.4, -0.2) is 55.6 Å². The van der Waals surface area contributed by atoms with Gasteiger partial charge in [0.2, 0.25) is 0 Å². The van der Waals surface area contributed by atoms with Crippen LogP contribution in [0.2, 0.25) is 5.15 Å². The first kappa shape index (κ1) is 31.4. The van der Waals surface area contributed by atoms with E-state index in [1.807, 2.05) is 6.92 Å². The number of halogens is 2. The van der Waals surface area contributed by atoms with Crippen molar-refractivity contribution in [2.75, 3.05) is 11.4 Å². The number of nitrogens with zero attached hydrogens (tertiary/aromatic N) is 7. The third kappa shape index (κ3) is 5.58. The minimum atomic E-state index is -1.22. The second-order valence-electron chi connectivity index (χ2n) is 12.9. The first-order chi connectivity index (χ1) is 22.9. The molecule has 1 fully saturated rings. The fourth-order valence-corrected chi connectivity index (χ4v) is 6.54. The number of nitriles is 1. The van der Waals surface area contributed by atoms with Gasteiger partial charge in [-0.05, 0) is 87.9 Å². The number of aliphatic imine (C=N–C) groups is 1. The Bertz CT molecular complexity index is 2100. The lowest BCUT2D eigenvalue weighted by Crippen LogP contribution is -2.52. The third-order valence-corrected chi connectivity index (χ3v) is 9.22. The highest BCUT2D eigenvalue weighted by atomic mass is 35.5. The largest absolute Gasteiger partial charge is 0.476 e. The lowest BCUT2D eigenvalue weighted by molar-refractivity contribution is -0.132. The molecule has 4 aromatic rings. The average molecular weight is 667 g/mol. The molecule has 7 rings (SSSR count). The van der Waals surface area contributed by atoms with Gasteiger partial charge in [0, 0.05) is 11.8 Å². The molecule has 2 atom stereocenters. The zero-order chi connectivity index (χ0) is 33.9. The van der Waals surface area contributed by atoms with E-state index in [1.54, 1.807) is 59.8 Å². The summed E-state index contributed by atoms with van der Waals surface area (Å²) in [6, 6.07) is 10.3. The van der Waals surface area contributed by atoms with E-state index in [-0.39, 0.29) is 29.7 Å². The maximum absolute atomic E-state index is 13.8. The second kappa shape index (κ2) is 11.8. The van der Waals surface area contributed by atoms with Gasteiger partial charge in [0.1, 0.15) is 18.0 Å². The number of hydrogen-bond donors (Lipinski definition) is 1. The van der Waals surface area contributed by atoms with Crippen LogP contribution in [0.15, 0.2) is 53.7 Å². The molecule has 2 amide bonds. The number of carbonyl (C=O) groups is 2. The number of fused-ring (bicyclic) bond motifs is 2. The standard InChI is InChI=1S/C35H32ClFN8O3/c1-18(24-10-8-22(37)16-41-24)45-33-30(31(36)43-45)28(29(32(39)46)25(42-33)12-19-4-5-19)21-7-11-26-27(13-21)48-35(2,3)34(47)44(26)17-23-9-6-20(14-38)15-40-23/h6-11,13,15,18-19,22H,4-5,12,16-17H2,1-3H3,(H2,39,46). The Balaban J connectivity index is 1.40. The van der Waals surface area contributed by atoms with E-state index >= 15 is 0 Å². The highest BCUT2D eigenvalue weighted by Gasteiger charge is 2.41. The van der Waals surface area contributed by atoms with Gasteiger partial charge in [0.25, 0.3) is 11.8 Å². The molecule has 0 spiro atoms. The number of amides is 2. The van der Waals surface area contributed by atoms with Gasteiger partial charge in [-0.15, -0.1) is 0 Å². The fraction of sp³-hybridized carbons (Fsp3) is 0.343. The van der Waals surface area contributed by atoms with Crippen LogP contribution in [0.4, 0.5) is 10.1 Å². The van der Waals surface area contributed by atoms with Crippen molar-refractivity contribution in [2.24, 2.45) is 16.6 Å². The third-order valence-electron chi connectivity index (χ3n) is 8.95. The van der Waals surface area contributed by atoms with Gasteiger partial charge in [0.15, 0.2) is 16.4 Å². The number of rotatable bonds is 8. The molecule has 3 aliphatic rings. The van der Waals surface area contributed by atoms with Gasteiger partial charge in [-0.3, -0.25) is 24.5 Å². The molecule has 2 aliphatic heterocycles. The predicted molar refractivity (Wildman–Crippen MR) is 179 cm³/mol. The summed E-state index contributed by atoms with van der Waals surface area (Å²) in [6.07, 6.45) is 6.03. The van der Waals surface area contributed by atoms with E-state index in [0.717, 1.165) is 12.8 Å². The van der Waals surface area contributed by atoms with Crippen LogP contribution in [0.5, 0.6) is 5.75 Å². The van der Waals surface area contributed by atoms with Crippen molar-refractivity contribution >= 4 is 45.8 Å². The zero-order valence-electron chi connectivity index (χ0n) is 26.6. The Morgan fingerprint density at radius 2 is 2.06 bits per heavy atom. The van der Waals surface area contributed by atoms with Crippen molar-refractivity contribution in [1.29, 1.82) is 5.26 Å². The van der Waals surface area contributed by atoms with E-state index in [2.05, 4.69) is 21.1 Å². The fourth-order valence-electron chi connectivity index (χ4n) is 6.28. The monoisotopic (exact) mass is 666 g/mol. The number of hydrogen-bond acceptors (Lipinski definition) is 8. The number of ether oxygens (including phenoxy) is 1. The lowest BCUT2D eigenvalue weighted by atomic mass is 9.92. The molecule has 1 aliphatic carbocycles. The van der Waals surface area contributed by atoms with E-state index in [4.69, 9.17) is 32.3 Å². The van der Waals surface area contributed by atoms with Crippen molar-refractivity contribution < 1.29 is 18.7 Å². The summed E-state index contributed by atoms with van der Waals surface area (Å²) in [5, 5.41) is 14.4. The number of anilines is 1. The first-order valence-corrected chi connectivity index (χ1v) is 16.1. The number of allylic oxidation sites excluding steroid dienone is 1. The smallest absolute Gasteiger partial charge is 0.271 e. The quantitative estimate of drug-likeness (QED) is 0.254. The van der Waals surface area contributed by atoms with Crippen molar-refractivity contribution in [3.63, 3.8) is 0 Å². The molecule has 0 saturated heterocycles. The number of nitrogens with two attached hydrogens (primary N) is 1. The van der Waals surface area contributed by atoms with Crippen molar-refractivity contribution in [3.8, 4) is 22.9 Å². The van der Waals surface area contributed by atoms with Crippen LogP contribution in [0.1, 0.15) is 67.0 Å².